The highest BCUT2D eigenvalue weighted by atomic mass is 32.2. The quantitative estimate of drug-likeness (QED) is 0.779. The first-order valence-electron chi connectivity index (χ1n) is 9.52. The molecule has 0 spiro atoms. The van der Waals surface area contributed by atoms with Gasteiger partial charge in [-0.05, 0) is 47.7 Å². The molecule has 1 amide bonds. The summed E-state index contributed by atoms with van der Waals surface area (Å²) in [6.45, 7) is 8.43. The fraction of sp³-hybridized carbons (Fsp3) is 0.409. The molecule has 6 nitrogen and oxygen atoms in total. The SMILES string of the molecule is C[C@H](NC(=O)c1ccc(N(C)S(=O)(=O)N(C)C)cc1)c1ccc(C(C)(C)C)cc1. The topological polar surface area (TPSA) is 69.7 Å². The lowest BCUT2D eigenvalue weighted by molar-refractivity contribution is 0.0940. The number of hydrogen-bond donors (Lipinski definition) is 1. The molecule has 0 heterocycles. The standard InChI is InChI=1S/C22H31N3O3S/c1-16(17-8-12-19(13-9-17)22(2,3)4)23-21(26)18-10-14-20(15-11-18)25(7)29(27,28)24(5)6/h8-16H,1-7H3,(H,23,26)/t16-/m0/s1. The van der Waals surface area contributed by atoms with Gasteiger partial charge in [-0.2, -0.15) is 12.7 Å². The van der Waals surface area contributed by atoms with Crippen LogP contribution in [0.25, 0.3) is 0 Å². The number of rotatable bonds is 6. The minimum atomic E-state index is -3.57. The van der Waals surface area contributed by atoms with E-state index in [1.54, 1.807) is 24.3 Å². The highest BCUT2D eigenvalue weighted by Crippen LogP contribution is 2.24. The van der Waals surface area contributed by atoms with Gasteiger partial charge >= 0.3 is 10.2 Å². The van der Waals surface area contributed by atoms with Crippen molar-refractivity contribution in [1.29, 1.82) is 0 Å². The molecule has 0 saturated heterocycles. The first-order valence-corrected chi connectivity index (χ1v) is 10.9. The van der Waals surface area contributed by atoms with Crippen LogP contribution in [-0.4, -0.2) is 39.8 Å². The molecule has 2 rings (SSSR count). The average molecular weight is 418 g/mol. The van der Waals surface area contributed by atoms with Crippen LogP contribution in [0.1, 0.15) is 55.2 Å². The summed E-state index contributed by atoms with van der Waals surface area (Å²) in [6.07, 6.45) is 0. The second-order valence-corrected chi connectivity index (χ2v) is 10.5. The van der Waals surface area contributed by atoms with Crippen LogP contribution in [0.15, 0.2) is 48.5 Å². The molecular weight excluding hydrogens is 386 g/mol. The van der Waals surface area contributed by atoms with Crippen LogP contribution < -0.4 is 9.62 Å². The lowest BCUT2D eigenvalue weighted by atomic mass is 9.86. The van der Waals surface area contributed by atoms with Crippen molar-refractivity contribution in [2.45, 2.75) is 39.2 Å². The molecule has 158 valence electrons. The maximum Gasteiger partial charge on any atom is 0.303 e. The van der Waals surface area contributed by atoms with E-state index >= 15 is 0 Å². The number of nitrogens with one attached hydrogen (secondary N) is 1. The molecule has 2 aromatic carbocycles. The van der Waals surface area contributed by atoms with Crippen molar-refractivity contribution >= 4 is 21.8 Å². The van der Waals surface area contributed by atoms with Crippen molar-refractivity contribution in [2.75, 3.05) is 25.4 Å². The monoisotopic (exact) mass is 417 g/mol. The number of amides is 1. The van der Waals surface area contributed by atoms with Gasteiger partial charge in [-0.3, -0.25) is 9.10 Å². The summed E-state index contributed by atoms with van der Waals surface area (Å²) in [7, 11) is 0.864. The summed E-state index contributed by atoms with van der Waals surface area (Å²) >= 11 is 0. The minimum absolute atomic E-state index is 0.0833. The van der Waals surface area contributed by atoms with E-state index in [9.17, 15) is 13.2 Å². The van der Waals surface area contributed by atoms with Gasteiger partial charge in [0.1, 0.15) is 0 Å². The molecule has 0 unspecified atom stereocenters. The second-order valence-electron chi connectivity index (χ2n) is 8.37. The highest BCUT2D eigenvalue weighted by molar-refractivity contribution is 7.90. The smallest absolute Gasteiger partial charge is 0.303 e. The minimum Gasteiger partial charge on any atom is -0.346 e. The number of nitrogens with zero attached hydrogens (tertiary/aromatic N) is 2. The summed E-state index contributed by atoms with van der Waals surface area (Å²) in [5.74, 6) is -0.206. The summed E-state index contributed by atoms with van der Waals surface area (Å²) < 4.78 is 26.7. The molecule has 0 fully saturated rings. The molecule has 0 aromatic heterocycles. The third-order valence-corrected chi connectivity index (χ3v) is 6.75. The third kappa shape index (κ3) is 5.36. The van der Waals surface area contributed by atoms with Crippen LogP contribution in [0.4, 0.5) is 5.69 Å². The molecule has 0 aliphatic heterocycles. The maximum atomic E-state index is 12.6. The first-order chi connectivity index (χ1) is 13.3. The van der Waals surface area contributed by atoms with Gasteiger partial charge in [-0.15, -0.1) is 0 Å². The number of hydrogen-bond acceptors (Lipinski definition) is 3. The van der Waals surface area contributed by atoms with E-state index in [4.69, 9.17) is 0 Å². The highest BCUT2D eigenvalue weighted by Gasteiger charge is 2.21. The zero-order valence-electron chi connectivity index (χ0n) is 18.2. The molecular formula is C22H31N3O3S. The van der Waals surface area contributed by atoms with E-state index in [-0.39, 0.29) is 17.4 Å². The molecule has 2 aromatic rings. The Balaban J connectivity index is 2.09. The van der Waals surface area contributed by atoms with Gasteiger partial charge in [0.15, 0.2) is 0 Å². The molecule has 0 saturated carbocycles. The third-order valence-electron chi connectivity index (χ3n) is 4.92. The van der Waals surface area contributed by atoms with Crippen molar-refractivity contribution in [3.63, 3.8) is 0 Å². The number of anilines is 1. The molecule has 0 aliphatic carbocycles. The summed E-state index contributed by atoms with van der Waals surface area (Å²) in [5.41, 5.74) is 3.32. The summed E-state index contributed by atoms with van der Waals surface area (Å²) in [6, 6.07) is 14.6. The second kappa shape index (κ2) is 8.55. The van der Waals surface area contributed by atoms with Gasteiger partial charge in [0.05, 0.1) is 11.7 Å². The van der Waals surface area contributed by atoms with Crippen LogP contribution in [0.2, 0.25) is 0 Å². The largest absolute Gasteiger partial charge is 0.346 e. The number of carbonyl (C=O) groups is 1. The van der Waals surface area contributed by atoms with Gasteiger partial charge in [0.25, 0.3) is 5.91 Å². The van der Waals surface area contributed by atoms with Crippen molar-refractivity contribution in [3.8, 4) is 0 Å². The van der Waals surface area contributed by atoms with E-state index in [2.05, 4.69) is 38.2 Å². The summed E-state index contributed by atoms with van der Waals surface area (Å²) in [5, 5.41) is 2.99. The van der Waals surface area contributed by atoms with Gasteiger partial charge < -0.3 is 5.32 Å². The predicted octanol–water partition coefficient (Wildman–Crippen LogP) is 3.72. The van der Waals surface area contributed by atoms with Crippen molar-refractivity contribution in [3.05, 3.63) is 65.2 Å². The van der Waals surface area contributed by atoms with Crippen LogP contribution in [0.3, 0.4) is 0 Å². The Morgan fingerprint density at radius 1 is 0.931 bits per heavy atom. The van der Waals surface area contributed by atoms with Crippen LogP contribution in [0.5, 0.6) is 0 Å². The zero-order valence-corrected chi connectivity index (χ0v) is 19.0. The molecule has 1 atom stereocenters. The Labute approximate surface area is 174 Å². The van der Waals surface area contributed by atoms with Crippen LogP contribution in [-0.2, 0) is 15.6 Å². The fourth-order valence-corrected chi connectivity index (χ4v) is 3.71. The molecule has 1 N–H and O–H groups in total. The van der Waals surface area contributed by atoms with Crippen LogP contribution in [0, 0.1) is 0 Å². The normalized spacial score (nSPS) is 13.2. The van der Waals surface area contributed by atoms with Crippen molar-refractivity contribution < 1.29 is 13.2 Å². The average Bonchev–Trinajstić information content (AvgIpc) is 2.66. The van der Waals surface area contributed by atoms with Crippen molar-refractivity contribution in [2.24, 2.45) is 0 Å². The van der Waals surface area contributed by atoms with Crippen LogP contribution >= 0.6 is 0 Å². The summed E-state index contributed by atoms with van der Waals surface area (Å²) in [4.78, 5) is 12.6. The van der Waals surface area contributed by atoms with Crippen molar-refractivity contribution in [1.82, 2.24) is 9.62 Å². The molecule has 7 heteroatoms. The van der Waals surface area contributed by atoms with E-state index in [0.29, 0.717) is 11.3 Å². The molecule has 0 radical (unpaired) electrons. The Bertz CT molecular complexity index is 944. The number of carbonyl (C=O) groups excluding carboxylic acids is 1. The molecule has 29 heavy (non-hydrogen) atoms. The maximum absolute atomic E-state index is 12.6. The lowest BCUT2D eigenvalue weighted by Crippen LogP contribution is -2.37. The number of benzene rings is 2. The Morgan fingerprint density at radius 3 is 1.90 bits per heavy atom. The van der Waals surface area contributed by atoms with Gasteiger partial charge in [0.2, 0.25) is 0 Å². The van der Waals surface area contributed by atoms with Gasteiger partial charge in [0, 0.05) is 26.7 Å². The Kier molecular flexibility index (Phi) is 6.75. The first kappa shape index (κ1) is 22.9. The molecule has 0 bridgehead atoms. The van der Waals surface area contributed by atoms with Gasteiger partial charge in [-0.1, -0.05) is 45.0 Å². The van der Waals surface area contributed by atoms with E-state index < -0.39 is 10.2 Å². The zero-order chi connectivity index (χ0) is 22.0. The fourth-order valence-electron chi connectivity index (χ4n) is 2.84. The predicted molar refractivity (Wildman–Crippen MR) is 118 cm³/mol. The van der Waals surface area contributed by atoms with Gasteiger partial charge in [-0.25, -0.2) is 0 Å². The van der Waals surface area contributed by atoms with E-state index in [1.807, 2.05) is 19.1 Å². The van der Waals surface area contributed by atoms with E-state index in [0.717, 1.165) is 9.87 Å². The van der Waals surface area contributed by atoms with E-state index in [1.165, 1.54) is 31.0 Å². The Hall–Kier alpha value is -2.38. The Morgan fingerprint density at radius 2 is 1.45 bits per heavy atom. The lowest BCUT2D eigenvalue weighted by Gasteiger charge is -2.23. The molecule has 0 aliphatic rings.